The molecule has 0 saturated heterocycles. The summed E-state index contributed by atoms with van der Waals surface area (Å²) in [5, 5.41) is 0. The Morgan fingerprint density at radius 3 is 2.29 bits per heavy atom. The van der Waals surface area contributed by atoms with Crippen LogP contribution >= 0.6 is 15.9 Å². The van der Waals surface area contributed by atoms with E-state index in [4.69, 9.17) is 19.6 Å². The molecule has 0 atom stereocenters. The molecule has 0 saturated carbocycles. The lowest BCUT2D eigenvalue weighted by molar-refractivity contribution is 0.355. The number of furan rings is 1. The summed E-state index contributed by atoms with van der Waals surface area (Å²) in [5.41, 5.74) is 8.73. The number of methoxy groups -OCH3 is 2. The maximum atomic E-state index is 6.12. The second kappa shape index (κ2) is 7.01. The van der Waals surface area contributed by atoms with Crippen molar-refractivity contribution in [2.45, 2.75) is 6.42 Å². The van der Waals surface area contributed by atoms with Crippen molar-refractivity contribution >= 4 is 21.6 Å². The van der Waals surface area contributed by atoms with Crippen molar-refractivity contribution in [2.24, 2.45) is 0 Å². The number of ether oxygens (including phenoxy) is 2. The molecule has 0 unspecified atom stereocenters. The molecular weight excluding hydrogens is 370 g/mol. The van der Waals surface area contributed by atoms with Gasteiger partial charge in [0.2, 0.25) is 0 Å². The SMILES string of the molecule is COc1cc(N)c(Cc2ccc(-c3ccc(Br)cc3)o2)cc1OC. The summed E-state index contributed by atoms with van der Waals surface area (Å²) in [7, 11) is 3.20. The molecule has 0 amide bonds. The lowest BCUT2D eigenvalue weighted by Gasteiger charge is -2.11. The highest BCUT2D eigenvalue weighted by atomic mass is 79.9. The molecule has 0 radical (unpaired) electrons. The van der Waals surface area contributed by atoms with Crippen LogP contribution in [0.3, 0.4) is 0 Å². The van der Waals surface area contributed by atoms with E-state index in [9.17, 15) is 0 Å². The highest BCUT2D eigenvalue weighted by molar-refractivity contribution is 9.10. The predicted octanol–water partition coefficient (Wildman–Crippen LogP) is 4.90. The zero-order chi connectivity index (χ0) is 17.1. The van der Waals surface area contributed by atoms with Gasteiger partial charge in [0.05, 0.1) is 14.2 Å². The van der Waals surface area contributed by atoms with E-state index in [0.717, 1.165) is 27.1 Å². The Hall–Kier alpha value is -2.40. The van der Waals surface area contributed by atoms with Gasteiger partial charge in [0, 0.05) is 28.2 Å². The number of nitrogen functional groups attached to an aromatic ring is 1. The van der Waals surface area contributed by atoms with Crippen molar-refractivity contribution in [3.8, 4) is 22.8 Å². The first kappa shape index (κ1) is 16.5. The van der Waals surface area contributed by atoms with Gasteiger partial charge < -0.3 is 19.6 Å². The smallest absolute Gasteiger partial charge is 0.162 e. The molecule has 0 aliphatic carbocycles. The third kappa shape index (κ3) is 3.41. The molecule has 0 bridgehead atoms. The molecule has 124 valence electrons. The average molecular weight is 388 g/mol. The first-order valence-electron chi connectivity index (χ1n) is 7.45. The molecule has 0 spiro atoms. The minimum Gasteiger partial charge on any atom is -0.493 e. The largest absolute Gasteiger partial charge is 0.493 e. The van der Waals surface area contributed by atoms with Crippen molar-refractivity contribution in [1.82, 2.24) is 0 Å². The number of nitrogens with two attached hydrogens (primary N) is 1. The van der Waals surface area contributed by atoms with Gasteiger partial charge in [0.25, 0.3) is 0 Å². The molecule has 24 heavy (non-hydrogen) atoms. The number of rotatable bonds is 5. The van der Waals surface area contributed by atoms with E-state index in [2.05, 4.69) is 15.9 Å². The number of hydrogen-bond donors (Lipinski definition) is 1. The maximum Gasteiger partial charge on any atom is 0.162 e. The molecule has 0 aliphatic rings. The molecular formula is C19H18BrNO3. The molecule has 0 fully saturated rings. The summed E-state index contributed by atoms with van der Waals surface area (Å²) >= 11 is 3.43. The minimum absolute atomic E-state index is 0.586. The quantitative estimate of drug-likeness (QED) is 0.632. The summed E-state index contributed by atoms with van der Waals surface area (Å²) in [6, 6.07) is 15.6. The molecule has 5 heteroatoms. The molecule has 3 rings (SSSR count). The molecule has 2 aromatic carbocycles. The third-order valence-corrected chi connectivity index (χ3v) is 4.33. The Labute approximate surface area is 149 Å². The zero-order valence-corrected chi connectivity index (χ0v) is 15.1. The van der Waals surface area contributed by atoms with Crippen LogP contribution in [0.1, 0.15) is 11.3 Å². The zero-order valence-electron chi connectivity index (χ0n) is 13.5. The van der Waals surface area contributed by atoms with E-state index in [-0.39, 0.29) is 0 Å². The second-order valence-corrected chi connectivity index (χ2v) is 6.27. The van der Waals surface area contributed by atoms with Crippen molar-refractivity contribution in [1.29, 1.82) is 0 Å². The normalized spacial score (nSPS) is 10.6. The summed E-state index contributed by atoms with van der Waals surface area (Å²) in [6.45, 7) is 0. The van der Waals surface area contributed by atoms with Crippen LogP contribution in [0.4, 0.5) is 5.69 Å². The summed E-state index contributed by atoms with van der Waals surface area (Å²) in [6.07, 6.45) is 0.586. The van der Waals surface area contributed by atoms with Crippen LogP contribution in [-0.2, 0) is 6.42 Å². The lowest BCUT2D eigenvalue weighted by atomic mass is 10.1. The number of halogens is 1. The van der Waals surface area contributed by atoms with Gasteiger partial charge in [0.15, 0.2) is 11.5 Å². The summed E-state index contributed by atoms with van der Waals surface area (Å²) < 4.78 is 17.6. The van der Waals surface area contributed by atoms with Crippen LogP contribution in [0.15, 0.2) is 57.4 Å². The number of benzene rings is 2. The maximum absolute atomic E-state index is 6.12. The van der Waals surface area contributed by atoms with E-state index in [1.807, 2.05) is 42.5 Å². The van der Waals surface area contributed by atoms with Gasteiger partial charge in [-0.3, -0.25) is 0 Å². The van der Waals surface area contributed by atoms with Gasteiger partial charge in [-0.2, -0.15) is 0 Å². The standard InChI is InChI=1S/C19H18BrNO3/c1-22-18-10-13(16(21)11-19(18)23-2)9-15-7-8-17(24-15)12-3-5-14(20)6-4-12/h3-8,10-11H,9,21H2,1-2H3. The van der Waals surface area contributed by atoms with Crippen molar-refractivity contribution in [3.63, 3.8) is 0 Å². The molecule has 3 aromatic rings. The molecule has 1 aromatic heterocycles. The predicted molar refractivity (Wildman–Crippen MR) is 98.6 cm³/mol. The highest BCUT2D eigenvalue weighted by Crippen LogP contribution is 2.33. The minimum atomic E-state index is 0.586. The molecule has 0 aliphatic heterocycles. The van der Waals surface area contributed by atoms with E-state index >= 15 is 0 Å². The molecule has 2 N–H and O–H groups in total. The van der Waals surface area contributed by atoms with Crippen molar-refractivity contribution < 1.29 is 13.9 Å². The second-order valence-electron chi connectivity index (χ2n) is 5.36. The van der Waals surface area contributed by atoms with E-state index in [0.29, 0.717) is 23.6 Å². The third-order valence-electron chi connectivity index (χ3n) is 3.80. The highest BCUT2D eigenvalue weighted by Gasteiger charge is 2.12. The van der Waals surface area contributed by atoms with Gasteiger partial charge >= 0.3 is 0 Å². The van der Waals surface area contributed by atoms with E-state index in [1.54, 1.807) is 20.3 Å². The summed E-state index contributed by atoms with van der Waals surface area (Å²) in [4.78, 5) is 0. The molecule has 1 heterocycles. The van der Waals surface area contributed by atoms with E-state index in [1.165, 1.54) is 0 Å². The summed E-state index contributed by atoms with van der Waals surface area (Å²) in [5.74, 6) is 2.94. The van der Waals surface area contributed by atoms with Gasteiger partial charge in [-0.25, -0.2) is 0 Å². The topological polar surface area (TPSA) is 57.6 Å². The van der Waals surface area contributed by atoms with Crippen molar-refractivity contribution in [3.05, 3.63) is 64.3 Å². The fourth-order valence-electron chi connectivity index (χ4n) is 2.52. The van der Waals surface area contributed by atoms with Gasteiger partial charge in [-0.1, -0.05) is 28.1 Å². The van der Waals surface area contributed by atoms with Crippen LogP contribution in [0.25, 0.3) is 11.3 Å². The fourth-order valence-corrected chi connectivity index (χ4v) is 2.78. The number of anilines is 1. The van der Waals surface area contributed by atoms with Gasteiger partial charge in [-0.05, 0) is 35.9 Å². The first-order chi connectivity index (χ1) is 11.6. The number of hydrogen-bond acceptors (Lipinski definition) is 4. The van der Waals surface area contributed by atoms with Crippen LogP contribution in [0.5, 0.6) is 11.5 Å². The Bertz CT molecular complexity index is 840. The Kier molecular flexibility index (Phi) is 4.81. The van der Waals surface area contributed by atoms with Crippen LogP contribution < -0.4 is 15.2 Å². The lowest BCUT2D eigenvalue weighted by Crippen LogP contribution is -1.99. The van der Waals surface area contributed by atoms with Crippen LogP contribution in [-0.4, -0.2) is 14.2 Å². The molecule has 4 nitrogen and oxygen atoms in total. The van der Waals surface area contributed by atoms with Gasteiger partial charge in [-0.15, -0.1) is 0 Å². The van der Waals surface area contributed by atoms with Crippen LogP contribution in [0.2, 0.25) is 0 Å². The van der Waals surface area contributed by atoms with E-state index < -0.39 is 0 Å². The van der Waals surface area contributed by atoms with Crippen molar-refractivity contribution in [2.75, 3.05) is 20.0 Å². The Morgan fingerprint density at radius 2 is 1.62 bits per heavy atom. The fraction of sp³-hybridized carbons (Fsp3) is 0.158. The Morgan fingerprint density at radius 1 is 0.958 bits per heavy atom. The average Bonchev–Trinajstić information content (AvgIpc) is 3.05. The monoisotopic (exact) mass is 387 g/mol. The van der Waals surface area contributed by atoms with Crippen LogP contribution in [0, 0.1) is 0 Å². The van der Waals surface area contributed by atoms with Gasteiger partial charge in [0.1, 0.15) is 11.5 Å². The first-order valence-corrected chi connectivity index (χ1v) is 8.25. The Balaban J connectivity index is 1.86.